The highest BCUT2D eigenvalue weighted by Gasteiger charge is 2.30. The zero-order valence-corrected chi connectivity index (χ0v) is 20.6. The summed E-state index contributed by atoms with van der Waals surface area (Å²) >= 11 is 0. The van der Waals surface area contributed by atoms with Gasteiger partial charge in [-0.05, 0) is 37.0 Å². The smallest absolute Gasteiger partial charge is 0.243 e. The summed E-state index contributed by atoms with van der Waals surface area (Å²) in [5.74, 6) is -0.141. The summed E-state index contributed by atoms with van der Waals surface area (Å²) in [4.78, 5) is 28.8. The second-order valence-electron chi connectivity index (χ2n) is 9.02. The number of hydrogen-bond acceptors (Lipinski definition) is 2. The molecule has 0 bridgehead atoms. The van der Waals surface area contributed by atoms with Crippen molar-refractivity contribution in [1.82, 2.24) is 10.2 Å². The van der Waals surface area contributed by atoms with E-state index in [4.69, 9.17) is 0 Å². The molecule has 0 heterocycles. The zero-order chi connectivity index (χ0) is 24.3. The van der Waals surface area contributed by atoms with E-state index in [0.29, 0.717) is 19.5 Å². The predicted molar refractivity (Wildman–Crippen MR) is 138 cm³/mol. The molecule has 1 atom stereocenters. The van der Waals surface area contributed by atoms with Gasteiger partial charge in [0.05, 0.1) is 6.42 Å². The van der Waals surface area contributed by atoms with Crippen molar-refractivity contribution in [3.8, 4) is 0 Å². The average Bonchev–Trinajstić information content (AvgIpc) is 2.84. The maximum absolute atomic E-state index is 13.7. The number of unbranched alkanes of at least 4 members (excludes halogenated alkanes) is 1. The molecule has 0 aromatic heterocycles. The van der Waals surface area contributed by atoms with Gasteiger partial charge < -0.3 is 10.2 Å². The van der Waals surface area contributed by atoms with Gasteiger partial charge in [0.25, 0.3) is 0 Å². The molecular formula is C30H36N2O2. The number of hydrogen-bond donors (Lipinski definition) is 1. The summed E-state index contributed by atoms with van der Waals surface area (Å²) in [7, 11) is 0. The third-order valence-corrected chi connectivity index (χ3v) is 6.05. The number of carbonyl (C=O) groups excluding carboxylic acids is 2. The van der Waals surface area contributed by atoms with E-state index in [1.807, 2.05) is 92.7 Å². The van der Waals surface area contributed by atoms with Crippen molar-refractivity contribution >= 4 is 11.8 Å². The summed E-state index contributed by atoms with van der Waals surface area (Å²) in [6.45, 7) is 7.19. The van der Waals surface area contributed by atoms with Crippen LogP contribution in [-0.2, 0) is 29.0 Å². The lowest BCUT2D eigenvalue weighted by Gasteiger charge is -2.32. The van der Waals surface area contributed by atoms with Crippen LogP contribution < -0.4 is 5.32 Å². The van der Waals surface area contributed by atoms with Gasteiger partial charge in [-0.2, -0.15) is 0 Å². The molecule has 0 fully saturated rings. The Bertz CT molecular complexity index is 1040. The van der Waals surface area contributed by atoms with Crippen LogP contribution >= 0.6 is 0 Å². The molecule has 3 rings (SSSR count). The number of nitrogens with one attached hydrogen (secondary N) is 1. The van der Waals surface area contributed by atoms with Crippen LogP contribution in [0, 0.1) is 13.8 Å². The van der Waals surface area contributed by atoms with E-state index in [-0.39, 0.29) is 18.2 Å². The number of aryl methyl sites for hydroxylation is 2. The molecule has 3 aromatic carbocycles. The quantitative estimate of drug-likeness (QED) is 0.393. The molecule has 0 saturated carbocycles. The molecule has 1 unspecified atom stereocenters. The van der Waals surface area contributed by atoms with Crippen LogP contribution in [0.4, 0.5) is 0 Å². The molecule has 0 radical (unpaired) electrons. The highest BCUT2D eigenvalue weighted by Crippen LogP contribution is 2.17. The lowest BCUT2D eigenvalue weighted by Crippen LogP contribution is -2.51. The van der Waals surface area contributed by atoms with Crippen LogP contribution in [0.2, 0.25) is 0 Å². The van der Waals surface area contributed by atoms with Crippen LogP contribution in [0.1, 0.15) is 47.6 Å². The topological polar surface area (TPSA) is 49.4 Å². The minimum atomic E-state index is -0.585. The Morgan fingerprint density at radius 2 is 1.38 bits per heavy atom. The Morgan fingerprint density at radius 3 is 1.97 bits per heavy atom. The van der Waals surface area contributed by atoms with Crippen molar-refractivity contribution < 1.29 is 9.59 Å². The van der Waals surface area contributed by atoms with Gasteiger partial charge in [0, 0.05) is 19.5 Å². The summed E-state index contributed by atoms with van der Waals surface area (Å²) in [6.07, 6.45) is 2.66. The highest BCUT2D eigenvalue weighted by atomic mass is 16.2. The predicted octanol–water partition coefficient (Wildman–Crippen LogP) is 5.40. The van der Waals surface area contributed by atoms with Crippen LogP contribution in [0.3, 0.4) is 0 Å². The number of rotatable bonds is 11. The van der Waals surface area contributed by atoms with E-state index in [0.717, 1.165) is 35.1 Å². The lowest BCUT2D eigenvalue weighted by molar-refractivity contribution is -0.140. The largest absolute Gasteiger partial charge is 0.354 e. The van der Waals surface area contributed by atoms with Gasteiger partial charge in [-0.25, -0.2) is 0 Å². The average molecular weight is 457 g/mol. The standard InChI is InChI=1S/C30H36N2O2/c1-4-5-19-31-30(34)28(20-25-9-7-6-8-10-25)32(22-27-17-13-24(3)14-18-27)29(33)21-26-15-11-23(2)12-16-26/h6-18,28H,4-5,19-22H2,1-3H3,(H,31,34). The summed E-state index contributed by atoms with van der Waals surface area (Å²) < 4.78 is 0. The zero-order valence-electron chi connectivity index (χ0n) is 20.6. The Kier molecular flexibility index (Phi) is 9.45. The van der Waals surface area contributed by atoms with E-state index in [9.17, 15) is 9.59 Å². The Labute approximate surface area is 204 Å². The van der Waals surface area contributed by atoms with E-state index >= 15 is 0 Å². The molecule has 4 heteroatoms. The van der Waals surface area contributed by atoms with Gasteiger partial charge in [-0.15, -0.1) is 0 Å². The monoisotopic (exact) mass is 456 g/mol. The molecule has 178 valence electrons. The molecule has 2 amide bonds. The minimum Gasteiger partial charge on any atom is -0.354 e. The van der Waals surface area contributed by atoms with Gasteiger partial charge in [0.15, 0.2) is 0 Å². The summed E-state index contributed by atoms with van der Waals surface area (Å²) in [6, 6.07) is 25.5. The molecule has 34 heavy (non-hydrogen) atoms. The molecule has 1 N–H and O–H groups in total. The van der Waals surface area contributed by atoms with Crippen molar-refractivity contribution in [3.63, 3.8) is 0 Å². The molecule has 0 aliphatic heterocycles. The van der Waals surface area contributed by atoms with Crippen LogP contribution in [0.25, 0.3) is 0 Å². The van der Waals surface area contributed by atoms with Gasteiger partial charge in [-0.1, -0.05) is 103 Å². The van der Waals surface area contributed by atoms with E-state index < -0.39 is 6.04 Å². The Morgan fingerprint density at radius 1 is 0.794 bits per heavy atom. The molecule has 0 aliphatic rings. The Hall–Kier alpha value is -3.40. The van der Waals surface area contributed by atoms with Crippen molar-refractivity contribution in [2.75, 3.05) is 6.54 Å². The fraction of sp³-hybridized carbons (Fsp3) is 0.333. The van der Waals surface area contributed by atoms with Gasteiger partial charge in [0.1, 0.15) is 6.04 Å². The van der Waals surface area contributed by atoms with Gasteiger partial charge in [0.2, 0.25) is 11.8 Å². The van der Waals surface area contributed by atoms with E-state index in [1.54, 1.807) is 4.90 Å². The SMILES string of the molecule is CCCCNC(=O)C(Cc1ccccc1)N(Cc1ccc(C)cc1)C(=O)Cc1ccc(C)cc1. The van der Waals surface area contributed by atoms with Crippen LogP contribution in [0.15, 0.2) is 78.9 Å². The molecule has 0 spiro atoms. The maximum Gasteiger partial charge on any atom is 0.243 e. The fourth-order valence-corrected chi connectivity index (χ4v) is 3.93. The first-order chi connectivity index (χ1) is 16.5. The maximum atomic E-state index is 13.7. The molecule has 3 aromatic rings. The summed E-state index contributed by atoms with van der Waals surface area (Å²) in [5, 5.41) is 3.07. The second kappa shape index (κ2) is 12.7. The number of nitrogens with zero attached hydrogens (tertiary/aromatic N) is 1. The van der Waals surface area contributed by atoms with E-state index in [2.05, 4.69) is 12.2 Å². The lowest BCUT2D eigenvalue weighted by atomic mass is 10.0. The third kappa shape index (κ3) is 7.58. The molecule has 0 saturated heterocycles. The first-order valence-corrected chi connectivity index (χ1v) is 12.2. The first-order valence-electron chi connectivity index (χ1n) is 12.2. The van der Waals surface area contributed by atoms with Crippen LogP contribution in [-0.4, -0.2) is 29.3 Å². The normalized spacial score (nSPS) is 11.6. The van der Waals surface area contributed by atoms with Crippen LogP contribution in [0.5, 0.6) is 0 Å². The highest BCUT2D eigenvalue weighted by molar-refractivity contribution is 5.88. The van der Waals surface area contributed by atoms with Crippen molar-refractivity contribution in [3.05, 3.63) is 107 Å². The van der Waals surface area contributed by atoms with E-state index in [1.165, 1.54) is 5.56 Å². The fourth-order valence-electron chi connectivity index (χ4n) is 3.93. The molecule has 4 nitrogen and oxygen atoms in total. The summed E-state index contributed by atoms with van der Waals surface area (Å²) in [5.41, 5.74) is 5.33. The third-order valence-electron chi connectivity index (χ3n) is 6.05. The number of amides is 2. The molecule has 0 aliphatic carbocycles. The molecular weight excluding hydrogens is 420 g/mol. The van der Waals surface area contributed by atoms with Crippen molar-refractivity contribution in [2.45, 2.75) is 59.0 Å². The second-order valence-corrected chi connectivity index (χ2v) is 9.02. The van der Waals surface area contributed by atoms with Crippen molar-refractivity contribution in [1.29, 1.82) is 0 Å². The van der Waals surface area contributed by atoms with Crippen molar-refractivity contribution in [2.24, 2.45) is 0 Å². The Balaban J connectivity index is 1.92. The van der Waals surface area contributed by atoms with Gasteiger partial charge in [-0.3, -0.25) is 9.59 Å². The number of benzene rings is 3. The minimum absolute atomic E-state index is 0.0454. The number of carbonyl (C=O) groups is 2. The van der Waals surface area contributed by atoms with Gasteiger partial charge >= 0.3 is 0 Å². The first kappa shape index (κ1) is 25.2.